The average Bonchev–Trinajstić information content (AvgIpc) is 2.89. The molecule has 20 heavy (non-hydrogen) atoms. The third-order valence-electron chi connectivity index (χ3n) is 4.31. The van der Waals surface area contributed by atoms with Gasteiger partial charge in [0.25, 0.3) is 0 Å². The zero-order valence-corrected chi connectivity index (χ0v) is 12.4. The molecule has 0 bridgehead atoms. The predicted molar refractivity (Wildman–Crippen MR) is 79.7 cm³/mol. The SMILES string of the molecule is CCNC(c1cnnn1-c1ccccc1)C1CC1(C)C. The second kappa shape index (κ2) is 5.02. The fourth-order valence-electron chi connectivity index (χ4n) is 2.97. The lowest BCUT2D eigenvalue weighted by molar-refractivity contribution is 0.409. The fraction of sp³-hybridized carbons (Fsp3) is 0.500. The van der Waals surface area contributed by atoms with Gasteiger partial charge in [-0.25, -0.2) is 4.68 Å². The Hall–Kier alpha value is -1.68. The highest BCUT2D eigenvalue weighted by molar-refractivity contribution is 5.33. The molecule has 0 aliphatic heterocycles. The molecule has 2 unspecified atom stereocenters. The number of benzene rings is 1. The van der Waals surface area contributed by atoms with Crippen molar-refractivity contribution in [3.63, 3.8) is 0 Å². The summed E-state index contributed by atoms with van der Waals surface area (Å²) < 4.78 is 1.96. The smallest absolute Gasteiger partial charge is 0.0818 e. The summed E-state index contributed by atoms with van der Waals surface area (Å²) in [7, 11) is 0. The summed E-state index contributed by atoms with van der Waals surface area (Å²) in [6, 6.07) is 10.5. The quantitative estimate of drug-likeness (QED) is 0.908. The van der Waals surface area contributed by atoms with Crippen LogP contribution in [0.3, 0.4) is 0 Å². The second-order valence-corrected chi connectivity index (χ2v) is 6.24. The van der Waals surface area contributed by atoms with Crippen molar-refractivity contribution < 1.29 is 0 Å². The monoisotopic (exact) mass is 270 g/mol. The first-order valence-electron chi connectivity index (χ1n) is 7.33. The standard InChI is InChI=1S/C16H22N4/c1-4-17-15(13-10-16(13,2)3)14-11-18-19-20(14)12-8-6-5-7-9-12/h5-9,11,13,15,17H,4,10H2,1-3H3. The van der Waals surface area contributed by atoms with Crippen LogP contribution in [0.25, 0.3) is 5.69 Å². The number of para-hydroxylation sites is 1. The van der Waals surface area contributed by atoms with E-state index in [0.717, 1.165) is 17.9 Å². The van der Waals surface area contributed by atoms with Crippen LogP contribution in [0.4, 0.5) is 0 Å². The first kappa shape index (κ1) is 13.3. The Labute approximate surface area is 120 Å². The van der Waals surface area contributed by atoms with Gasteiger partial charge in [0.05, 0.1) is 23.6 Å². The minimum absolute atomic E-state index is 0.324. The lowest BCUT2D eigenvalue weighted by atomic mass is 10.0. The van der Waals surface area contributed by atoms with Crippen molar-refractivity contribution in [1.29, 1.82) is 0 Å². The van der Waals surface area contributed by atoms with Crippen LogP contribution in [0.2, 0.25) is 0 Å². The highest BCUT2D eigenvalue weighted by Crippen LogP contribution is 2.57. The van der Waals surface area contributed by atoms with Crippen LogP contribution >= 0.6 is 0 Å². The van der Waals surface area contributed by atoms with Crippen LogP contribution in [0.15, 0.2) is 36.5 Å². The summed E-state index contributed by atoms with van der Waals surface area (Å²) >= 11 is 0. The Morgan fingerprint density at radius 2 is 2.05 bits per heavy atom. The van der Waals surface area contributed by atoms with Gasteiger partial charge < -0.3 is 5.32 Å². The van der Waals surface area contributed by atoms with Crippen molar-refractivity contribution in [2.75, 3.05) is 6.54 Å². The molecule has 1 aromatic carbocycles. The van der Waals surface area contributed by atoms with Crippen molar-refractivity contribution in [3.8, 4) is 5.69 Å². The summed E-state index contributed by atoms with van der Waals surface area (Å²) in [5, 5.41) is 12.0. The Bertz CT molecular complexity index is 573. The summed E-state index contributed by atoms with van der Waals surface area (Å²) in [6.45, 7) is 7.77. The molecule has 1 heterocycles. The minimum Gasteiger partial charge on any atom is -0.309 e. The topological polar surface area (TPSA) is 42.7 Å². The molecule has 1 aromatic heterocycles. The van der Waals surface area contributed by atoms with Crippen LogP contribution in [0.5, 0.6) is 0 Å². The van der Waals surface area contributed by atoms with E-state index in [4.69, 9.17) is 0 Å². The van der Waals surface area contributed by atoms with Gasteiger partial charge >= 0.3 is 0 Å². The number of hydrogen-bond acceptors (Lipinski definition) is 3. The number of hydrogen-bond donors (Lipinski definition) is 1. The van der Waals surface area contributed by atoms with Crippen LogP contribution < -0.4 is 5.32 Å². The van der Waals surface area contributed by atoms with Gasteiger partial charge in [-0.05, 0) is 36.4 Å². The lowest BCUT2D eigenvalue weighted by Gasteiger charge is -2.20. The van der Waals surface area contributed by atoms with Gasteiger partial charge in [0.15, 0.2) is 0 Å². The van der Waals surface area contributed by atoms with Crippen LogP contribution in [0, 0.1) is 11.3 Å². The summed E-state index contributed by atoms with van der Waals surface area (Å²) in [5.74, 6) is 0.656. The first-order chi connectivity index (χ1) is 9.63. The van der Waals surface area contributed by atoms with E-state index in [0.29, 0.717) is 17.4 Å². The molecule has 4 nitrogen and oxygen atoms in total. The molecule has 1 aliphatic carbocycles. The molecule has 0 amide bonds. The van der Waals surface area contributed by atoms with Crippen LogP contribution in [-0.2, 0) is 0 Å². The fourth-order valence-corrected chi connectivity index (χ4v) is 2.97. The molecule has 0 radical (unpaired) electrons. The van der Waals surface area contributed by atoms with E-state index in [1.54, 1.807) is 0 Å². The maximum absolute atomic E-state index is 4.27. The maximum Gasteiger partial charge on any atom is 0.0818 e. The second-order valence-electron chi connectivity index (χ2n) is 6.24. The lowest BCUT2D eigenvalue weighted by Crippen LogP contribution is -2.26. The van der Waals surface area contributed by atoms with Crippen molar-refractivity contribution in [3.05, 3.63) is 42.2 Å². The van der Waals surface area contributed by atoms with E-state index >= 15 is 0 Å². The number of nitrogens with zero attached hydrogens (tertiary/aromatic N) is 3. The molecule has 0 spiro atoms. The van der Waals surface area contributed by atoms with Crippen molar-refractivity contribution in [2.45, 2.75) is 33.2 Å². The molecule has 1 saturated carbocycles. The van der Waals surface area contributed by atoms with E-state index < -0.39 is 0 Å². The molecule has 1 N–H and O–H groups in total. The van der Waals surface area contributed by atoms with E-state index in [-0.39, 0.29) is 0 Å². The molecular weight excluding hydrogens is 248 g/mol. The van der Waals surface area contributed by atoms with Crippen LogP contribution in [0.1, 0.15) is 38.9 Å². The van der Waals surface area contributed by atoms with E-state index in [1.807, 2.05) is 29.1 Å². The summed E-state index contributed by atoms with van der Waals surface area (Å²) in [5.41, 5.74) is 2.65. The van der Waals surface area contributed by atoms with E-state index in [1.165, 1.54) is 6.42 Å². The van der Waals surface area contributed by atoms with Gasteiger partial charge in [-0.2, -0.15) is 0 Å². The Balaban J connectivity index is 1.95. The van der Waals surface area contributed by atoms with Gasteiger partial charge in [-0.15, -0.1) is 5.10 Å². The molecule has 1 fully saturated rings. The Morgan fingerprint density at radius 1 is 1.35 bits per heavy atom. The minimum atomic E-state index is 0.324. The van der Waals surface area contributed by atoms with E-state index in [9.17, 15) is 0 Å². The van der Waals surface area contributed by atoms with Gasteiger partial charge in [-0.1, -0.05) is 44.2 Å². The largest absolute Gasteiger partial charge is 0.309 e. The van der Waals surface area contributed by atoms with Gasteiger partial charge in [0, 0.05) is 0 Å². The summed E-state index contributed by atoms with van der Waals surface area (Å²) in [4.78, 5) is 0. The van der Waals surface area contributed by atoms with Crippen molar-refractivity contribution in [2.24, 2.45) is 11.3 Å². The molecule has 2 atom stereocenters. The highest BCUT2D eigenvalue weighted by Gasteiger charge is 2.51. The summed E-state index contributed by atoms with van der Waals surface area (Å²) in [6.07, 6.45) is 3.15. The zero-order valence-electron chi connectivity index (χ0n) is 12.4. The average molecular weight is 270 g/mol. The third kappa shape index (κ3) is 2.36. The van der Waals surface area contributed by atoms with Crippen molar-refractivity contribution in [1.82, 2.24) is 20.3 Å². The molecule has 0 saturated heterocycles. The van der Waals surface area contributed by atoms with Gasteiger partial charge in [-0.3, -0.25) is 0 Å². The van der Waals surface area contributed by atoms with E-state index in [2.05, 4.69) is 48.5 Å². The Morgan fingerprint density at radius 3 is 2.65 bits per heavy atom. The van der Waals surface area contributed by atoms with Gasteiger partial charge in [0.1, 0.15) is 0 Å². The number of rotatable bonds is 5. The number of aromatic nitrogens is 3. The Kier molecular flexibility index (Phi) is 3.34. The normalized spacial score (nSPS) is 21.6. The van der Waals surface area contributed by atoms with Gasteiger partial charge in [0.2, 0.25) is 0 Å². The zero-order chi connectivity index (χ0) is 14.2. The molecule has 3 rings (SSSR count). The van der Waals surface area contributed by atoms with Crippen molar-refractivity contribution >= 4 is 0 Å². The van der Waals surface area contributed by atoms with Crippen LogP contribution in [-0.4, -0.2) is 21.5 Å². The highest BCUT2D eigenvalue weighted by atomic mass is 15.4. The molecule has 4 heteroatoms. The first-order valence-corrected chi connectivity index (χ1v) is 7.33. The maximum atomic E-state index is 4.27. The molecule has 2 aromatic rings. The number of nitrogens with one attached hydrogen (secondary N) is 1. The third-order valence-corrected chi connectivity index (χ3v) is 4.31. The molecule has 106 valence electrons. The molecule has 1 aliphatic rings. The molecular formula is C16H22N4. The predicted octanol–water partition coefficient (Wildman–Crippen LogP) is 2.96.